The van der Waals surface area contributed by atoms with Crippen molar-refractivity contribution in [3.8, 4) is 0 Å². The second-order valence-corrected chi connectivity index (χ2v) is 7.12. The molecule has 2 nitrogen and oxygen atoms in total. The average Bonchev–Trinajstić information content (AvgIpc) is 3.22. The van der Waals surface area contributed by atoms with Gasteiger partial charge in [-0.1, -0.05) is 109 Å². The zero-order valence-corrected chi connectivity index (χ0v) is 16.1. The lowest BCUT2D eigenvalue weighted by Crippen LogP contribution is -2.28. The van der Waals surface area contributed by atoms with Crippen molar-refractivity contribution in [2.75, 3.05) is 4.90 Å². The van der Waals surface area contributed by atoms with Gasteiger partial charge in [0.05, 0.1) is 11.4 Å². The lowest BCUT2D eigenvalue weighted by atomic mass is 10.0. The first-order valence-corrected chi connectivity index (χ1v) is 9.93. The number of nitrogens with zero attached hydrogens (tertiary/aromatic N) is 1. The molecule has 0 spiro atoms. The fraction of sp³-hybridized carbons (Fsp3) is 0.0370. The molecular formula is C27H22N2. The van der Waals surface area contributed by atoms with Crippen molar-refractivity contribution in [3.05, 3.63) is 138 Å². The van der Waals surface area contributed by atoms with E-state index in [1.807, 2.05) is 0 Å². The van der Waals surface area contributed by atoms with Crippen LogP contribution in [-0.4, -0.2) is 0 Å². The van der Waals surface area contributed by atoms with Crippen molar-refractivity contribution >= 4 is 17.1 Å². The predicted octanol–water partition coefficient (Wildman–Crippen LogP) is 6.32. The Labute approximate surface area is 171 Å². The Morgan fingerprint density at radius 3 is 1.59 bits per heavy atom. The molecule has 2 heteroatoms. The average molecular weight is 374 g/mol. The SMILES string of the molecule is c1ccc(C2=C(c3ccccc3)N(c3ccccc3)C(c3ccccc3)N2)cc1. The summed E-state index contributed by atoms with van der Waals surface area (Å²) in [5.41, 5.74) is 7.12. The Kier molecular flexibility index (Phi) is 4.59. The maximum atomic E-state index is 3.83. The van der Waals surface area contributed by atoms with Crippen LogP contribution in [0.5, 0.6) is 0 Å². The molecule has 29 heavy (non-hydrogen) atoms. The van der Waals surface area contributed by atoms with Crippen molar-refractivity contribution in [1.82, 2.24) is 5.32 Å². The van der Waals surface area contributed by atoms with E-state index in [2.05, 4.69) is 132 Å². The minimum atomic E-state index is 0.0176. The highest BCUT2D eigenvalue weighted by Crippen LogP contribution is 2.43. The molecule has 4 aromatic rings. The standard InChI is InChI=1S/C27H22N2/c1-5-13-21(14-6-1)25-26(22-15-7-2-8-16-22)29(24-19-11-4-12-20-24)27(28-25)23-17-9-3-10-18-23/h1-20,27-28H. The topological polar surface area (TPSA) is 15.3 Å². The first-order chi connectivity index (χ1) is 14.4. The van der Waals surface area contributed by atoms with Gasteiger partial charge >= 0.3 is 0 Å². The molecule has 1 atom stereocenters. The Balaban J connectivity index is 1.75. The van der Waals surface area contributed by atoms with Crippen LogP contribution in [-0.2, 0) is 0 Å². The van der Waals surface area contributed by atoms with Crippen LogP contribution < -0.4 is 10.2 Å². The van der Waals surface area contributed by atoms with Gasteiger partial charge in [0.25, 0.3) is 0 Å². The van der Waals surface area contributed by atoms with Gasteiger partial charge in [-0.05, 0) is 23.3 Å². The summed E-state index contributed by atoms with van der Waals surface area (Å²) < 4.78 is 0. The van der Waals surface area contributed by atoms with Gasteiger partial charge in [0.2, 0.25) is 0 Å². The van der Waals surface area contributed by atoms with Crippen LogP contribution in [0.15, 0.2) is 121 Å². The molecule has 0 aliphatic carbocycles. The van der Waals surface area contributed by atoms with Crippen LogP contribution >= 0.6 is 0 Å². The molecular weight excluding hydrogens is 352 g/mol. The quantitative estimate of drug-likeness (QED) is 0.449. The van der Waals surface area contributed by atoms with E-state index in [4.69, 9.17) is 0 Å². The highest BCUT2D eigenvalue weighted by Gasteiger charge is 2.34. The third kappa shape index (κ3) is 3.30. The molecule has 5 rings (SSSR count). The number of nitrogens with one attached hydrogen (secondary N) is 1. The first-order valence-electron chi connectivity index (χ1n) is 9.93. The van der Waals surface area contributed by atoms with E-state index in [0.29, 0.717) is 0 Å². The predicted molar refractivity (Wildman–Crippen MR) is 121 cm³/mol. The molecule has 1 N–H and O–H groups in total. The second kappa shape index (κ2) is 7.69. The number of hydrogen-bond acceptors (Lipinski definition) is 2. The Hall–Kier alpha value is -3.78. The van der Waals surface area contributed by atoms with Crippen molar-refractivity contribution in [2.45, 2.75) is 6.17 Å². The molecule has 0 saturated heterocycles. The molecule has 4 aromatic carbocycles. The van der Waals surface area contributed by atoms with E-state index >= 15 is 0 Å². The number of benzene rings is 4. The van der Waals surface area contributed by atoms with Gasteiger partial charge in [-0.3, -0.25) is 0 Å². The molecule has 0 radical (unpaired) electrons. The first kappa shape index (κ1) is 17.3. The fourth-order valence-corrected chi connectivity index (χ4v) is 3.96. The fourth-order valence-electron chi connectivity index (χ4n) is 3.96. The van der Waals surface area contributed by atoms with Crippen LogP contribution in [0.25, 0.3) is 11.4 Å². The third-order valence-corrected chi connectivity index (χ3v) is 5.28. The van der Waals surface area contributed by atoms with E-state index in [0.717, 1.165) is 5.70 Å². The molecule has 1 heterocycles. The van der Waals surface area contributed by atoms with Crippen molar-refractivity contribution < 1.29 is 0 Å². The van der Waals surface area contributed by atoms with Gasteiger partial charge in [0.15, 0.2) is 0 Å². The Bertz CT molecular complexity index is 1100. The van der Waals surface area contributed by atoms with Crippen molar-refractivity contribution in [1.29, 1.82) is 0 Å². The van der Waals surface area contributed by atoms with E-state index in [1.54, 1.807) is 0 Å². The number of anilines is 1. The lowest BCUT2D eigenvalue weighted by molar-refractivity contribution is 0.679. The van der Waals surface area contributed by atoms with E-state index in [-0.39, 0.29) is 6.17 Å². The van der Waals surface area contributed by atoms with Gasteiger partial charge in [-0.25, -0.2) is 0 Å². The summed E-state index contributed by atoms with van der Waals surface area (Å²) >= 11 is 0. The summed E-state index contributed by atoms with van der Waals surface area (Å²) in [4.78, 5) is 2.41. The third-order valence-electron chi connectivity index (χ3n) is 5.28. The van der Waals surface area contributed by atoms with Crippen LogP contribution in [0.2, 0.25) is 0 Å². The lowest BCUT2D eigenvalue weighted by Gasteiger charge is -2.29. The Morgan fingerprint density at radius 2 is 1.00 bits per heavy atom. The van der Waals surface area contributed by atoms with Gasteiger partial charge in [-0.2, -0.15) is 0 Å². The minimum Gasteiger partial charge on any atom is -0.359 e. The minimum absolute atomic E-state index is 0.0176. The number of hydrogen-bond donors (Lipinski definition) is 1. The zero-order valence-electron chi connectivity index (χ0n) is 16.1. The smallest absolute Gasteiger partial charge is 0.130 e. The van der Waals surface area contributed by atoms with Crippen LogP contribution in [0.3, 0.4) is 0 Å². The maximum Gasteiger partial charge on any atom is 0.130 e. The van der Waals surface area contributed by atoms with Crippen molar-refractivity contribution in [3.63, 3.8) is 0 Å². The van der Waals surface area contributed by atoms with Gasteiger partial charge in [-0.15, -0.1) is 0 Å². The summed E-state index contributed by atoms with van der Waals surface area (Å²) in [5, 5.41) is 3.83. The number of rotatable bonds is 4. The normalized spacial score (nSPS) is 16.0. The molecule has 1 aliphatic heterocycles. The van der Waals surface area contributed by atoms with E-state index in [1.165, 1.54) is 28.1 Å². The molecule has 0 bridgehead atoms. The molecule has 1 unspecified atom stereocenters. The maximum absolute atomic E-state index is 3.83. The monoisotopic (exact) mass is 374 g/mol. The van der Waals surface area contributed by atoms with Crippen LogP contribution in [0.4, 0.5) is 5.69 Å². The van der Waals surface area contributed by atoms with Crippen molar-refractivity contribution in [2.24, 2.45) is 0 Å². The summed E-state index contributed by atoms with van der Waals surface area (Å²) in [6.45, 7) is 0. The molecule has 140 valence electrons. The zero-order chi connectivity index (χ0) is 19.5. The summed E-state index contributed by atoms with van der Waals surface area (Å²) in [7, 11) is 0. The molecule has 0 aromatic heterocycles. The van der Waals surface area contributed by atoms with Gasteiger partial charge in [0, 0.05) is 11.3 Å². The summed E-state index contributed by atoms with van der Waals surface area (Å²) in [5.74, 6) is 0. The second-order valence-electron chi connectivity index (χ2n) is 7.12. The molecule has 0 fully saturated rings. The number of para-hydroxylation sites is 1. The van der Waals surface area contributed by atoms with Crippen LogP contribution in [0, 0.1) is 0 Å². The molecule has 0 saturated carbocycles. The highest BCUT2D eigenvalue weighted by atomic mass is 15.3. The van der Waals surface area contributed by atoms with E-state index in [9.17, 15) is 0 Å². The highest BCUT2D eigenvalue weighted by molar-refractivity contribution is 5.99. The largest absolute Gasteiger partial charge is 0.359 e. The van der Waals surface area contributed by atoms with E-state index < -0.39 is 0 Å². The molecule has 0 amide bonds. The summed E-state index contributed by atoms with van der Waals surface area (Å²) in [6.07, 6.45) is 0.0176. The van der Waals surface area contributed by atoms with Gasteiger partial charge < -0.3 is 10.2 Å². The Morgan fingerprint density at radius 1 is 0.517 bits per heavy atom. The molecule has 1 aliphatic rings. The summed E-state index contributed by atoms with van der Waals surface area (Å²) in [6, 6.07) is 42.5. The van der Waals surface area contributed by atoms with Gasteiger partial charge in [0.1, 0.15) is 6.17 Å². The van der Waals surface area contributed by atoms with Crippen LogP contribution in [0.1, 0.15) is 22.9 Å².